The van der Waals surface area contributed by atoms with E-state index in [0.29, 0.717) is 5.02 Å². The molecule has 0 aliphatic rings. The summed E-state index contributed by atoms with van der Waals surface area (Å²) in [5, 5.41) is 3.94. The number of rotatable bonds is 5. The van der Waals surface area contributed by atoms with Crippen LogP contribution in [0.15, 0.2) is 54.6 Å². The molecule has 0 bridgehead atoms. The predicted octanol–water partition coefficient (Wildman–Crippen LogP) is 3.22. The molecule has 0 saturated carbocycles. The smallest absolute Gasteiger partial charge is 0.239 e. The molecule has 104 valence electrons. The van der Waals surface area contributed by atoms with Crippen molar-refractivity contribution in [2.24, 2.45) is 5.73 Å². The molecule has 0 saturated heterocycles. The molecule has 4 heteroatoms. The molecule has 0 aromatic heterocycles. The molecule has 0 aliphatic heterocycles. The maximum absolute atomic E-state index is 11.7. The Morgan fingerprint density at radius 3 is 2.20 bits per heavy atom. The van der Waals surface area contributed by atoms with Gasteiger partial charge in [-0.25, -0.2) is 0 Å². The van der Waals surface area contributed by atoms with Gasteiger partial charge in [-0.3, -0.25) is 10.1 Å². The van der Waals surface area contributed by atoms with Crippen molar-refractivity contribution in [1.82, 2.24) is 5.32 Å². The Balaban J connectivity index is 2.16. The summed E-state index contributed by atoms with van der Waals surface area (Å²) in [7, 11) is 0. The van der Waals surface area contributed by atoms with Crippen LogP contribution in [0.3, 0.4) is 0 Å². The monoisotopic (exact) mass is 288 g/mol. The van der Waals surface area contributed by atoms with E-state index in [4.69, 9.17) is 17.3 Å². The van der Waals surface area contributed by atoms with E-state index >= 15 is 0 Å². The summed E-state index contributed by atoms with van der Waals surface area (Å²) in [4.78, 5) is 11.7. The largest absolute Gasteiger partial charge is 0.368 e. The van der Waals surface area contributed by atoms with Gasteiger partial charge in [0.05, 0.1) is 0 Å². The van der Waals surface area contributed by atoms with Crippen LogP contribution < -0.4 is 11.1 Å². The fourth-order valence-electron chi connectivity index (χ4n) is 2.09. The Kier molecular flexibility index (Phi) is 4.77. The zero-order chi connectivity index (χ0) is 14.5. The third kappa shape index (κ3) is 3.59. The summed E-state index contributed by atoms with van der Waals surface area (Å²) in [5.41, 5.74) is 7.41. The molecule has 0 radical (unpaired) electrons. The van der Waals surface area contributed by atoms with Crippen LogP contribution in [0.1, 0.15) is 30.1 Å². The van der Waals surface area contributed by atoms with Crippen molar-refractivity contribution < 1.29 is 4.79 Å². The summed E-state index contributed by atoms with van der Waals surface area (Å²) in [6, 6.07) is 16.5. The van der Waals surface area contributed by atoms with Crippen molar-refractivity contribution in [1.29, 1.82) is 0 Å². The van der Waals surface area contributed by atoms with Crippen molar-refractivity contribution in [3.63, 3.8) is 0 Å². The van der Waals surface area contributed by atoms with E-state index in [-0.39, 0.29) is 6.04 Å². The number of carbonyl (C=O) groups is 1. The van der Waals surface area contributed by atoms with Crippen molar-refractivity contribution in [2.45, 2.75) is 19.0 Å². The van der Waals surface area contributed by atoms with E-state index in [1.165, 1.54) is 0 Å². The number of carbonyl (C=O) groups excluding carboxylic acids is 1. The number of nitrogens with two attached hydrogens (primary N) is 1. The van der Waals surface area contributed by atoms with Crippen LogP contribution in [0.4, 0.5) is 0 Å². The minimum atomic E-state index is -0.512. The van der Waals surface area contributed by atoms with Crippen LogP contribution >= 0.6 is 11.6 Å². The molecule has 3 nitrogen and oxygen atoms in total. The van der Waals surface area contributed by atoms with Crippen molar-refractivity contribution in [2.75, 3.05) is 0 Å². The molecule has 2 rings (SSSR count). The van der Waals surface area contributed by atoms with E-state index in [0.717, 1.165) is 11.1 Å². The first kappa shape index (κ1) is 14.6. The van der Waals surface area contributed by atoms with Crippen LogP contribution in [0.25, 0.3) is 0 Å². The zero-order valence-corrected chi connectivity index (χ0v) is 12.0. The molecule has 2 aromatic carbocycles. The molecule has 2 atom stereocenters. The Morgan fingerprint density at radius 1 is 1.05 bits per heavy atom. The van der Waals surface area contributed by atoms with Gasteiger partial charge in [0.15, 0.2) is 0 Å². The van der Waals surface area contributed by atoms with Crippen LogP contribution in [-0.4, -0.2) is 5.91 Å². The van der Waals surface area contributed by atoms with Gasteiger partial charge < -0.3 is 5.73 Å². The minimum Gasteiger partial charge on any atom is -0.368 e. The lowest BCUT2D eigenvalue weighted by molar-refractivity contribution is -0.120. The number of halogens is 1. The molecule has 20 heavy (non-hydrogen) atoms. The highest BCUT2D eigenvalue weighted by atomic mass is 35.5. The van der Waals surface area contributed by atoms with Crippen LogP contribution in [0.5, 0.6) is 0 Å². The van der Waals surface area contributed by atoms with Gasteiger partial charge in [-0.1, -0.05) is 54.1 Å². The summed E-state index contributed by atoms with van der Waals surface area (Å²) in [5.74, 6) is -0.392. The fraction of sp³-hybridized carbons (Fsp3) is 0.188. The Labute approximate surface area is 123 Å². The van der Waals surface area contributed by atoms with E-state index in [2.05, 4.69) is 5.32 Å². The highest BCUT2D eigenvalue weighted by Crippen LogP contribution is 2.21. The highest BCUT2D eigenvalue weighted by molar-refractivity contribution is 6.30. The number of primary amides is 1. The predicted molar refractivity (Wildman–Crippen MR) is 81.4 cm³/mol. The molecular formula is C16H17ClN2O. The van der Waals surface area contributed by atoms with E-state index in [1.54, 1.807) is 0 Å². The second-order valence-electron chi connectivity index (χ2n) is 4.69. The average molecular weight is 289 g/mol. The molecule has 0 heterocycles. The van der Waals surface area contributed by atoms with Gasteiger partial charge in [0.2, 0.25) is 5.91 Å². The minimum absolute atomic E-state index is 0.00928. The summed E-state index contributed by atoms with van der Waals surface area (Å²) < 4.78 is 0. The van der Waals surface area contributed by atoms with Gasteiger partial charge in [-0.2, -0.15) is 0 Å². The van der Waals surface area contributed by atoms with Crippen molar-refractivity contribution in [3.8, 4) is 0 Å². The molecule has 1 amide bonds. The number of hydrogen-bond donors (Lipinski definition) is 2. The van der Waals surface area contributed by atoms with E-state index in [1.807, 2.05) is 61.5 Å². The summed E-state index contributed by atoms with van der Waals surface area (Å²) in [6.07, 6.45) is 0. The number of hydrogen-bond acceptors (Lipinski definition) is 2. The Morgan fingerprint density at radius 2 is 1.65 bits per heavy atom. The Bertz CT molecular complexity index is 569. The van der Waals surface area contributed by atoms with Gasteiger partial charge in [0.25, 0.3) is 0 Å². The molecular weight excluding hydrogens is 272 g/mol. The molecule has 3 N–H and O–H groups in total. The fourth-order valence-corrected chi connectivity index (χ4v) is 2.21. The lowest BCUT2D eigenvalue weighted by atomic mass is 10.0. The Hall–Kier alpha value is -1.84. The van der Waals surface area contributed by atoms with Crippen LogP contribution in [0, 0.1) is 0 Å². The lowest BCUT2D eigenvalue weighted by Crippen LogP contribution is -2.35. The number of nitrogens with one attached hydrogen (secondary N) is 1. The third-order valence-electron chi connectivity index (χ3n) is 3.20. The van der Waals surface area contributed by atoms with Crippen LogP contribution in [-0.2, 0) is 4.79 Å². The van der Waals surface area contributed by atoms with Gasteiger partial charge in [0, 0.05) is 11.1 Å². The first-order valence-electron chi connectivity index (χ1n) is 6.43. The second kappa shape index (κ2) is 6.55. The van der Waals surface area contributed by atoms with Crippen molar-refractivity contribution in [3.05, 3.63) is 70.7 Å². The standard InChI is InChI=1S/C16H17ClN2O/c1-11(12-7-9-14(17)10-8-12)19-15(16(18)20)13-5-3-2-4-6-13/h2-11,15,19H,1H3,(H2,18,20). The van der Waals surface area contributed by atoms with E-state index in [9.17, 15) is 4.79 Å². The zero-order valence-electron chi connectivity index (χ0n) is 11.2. The number of benzene rings is 2. The average Bonchev–Trinajstić information content (AvgIpc) is 2.46. The SMILES string of the molecule is CC(NC(C(N)=O)c1ccccc1)c1ccc(Cl)cc1. The van der Waals surface area contributed by atoms with Gasteiger partial charge >= 0.3 is 0 Å². The maximum Gasteiger partial charge on any atom is 0.239 e. The molecule has 2 unspecified atom stereocenters. The highest BCUT2D eigenvalue weighted by Gasteiger charge is 2.20. The summed E-state index contributed by atoms with van der Waals surface area (Å²) in [6.45, 7) is 1.99. The first-order valence-corrected chi connectivity index (χ1v) is 6.81. The summed E-state index contributed by atoms with van der Waals surface area (Å²) >= 11 is 5.87. The molecule has 0 aliphatic carbocycles. The maximum atomic E-state index is 11.7. The van der Waals surface area contributed by atoms with Crippen LogP contribution in [0.2, 0.25) is 5.02 Å². The normalized spacial score (nSPS) is 13.7. The molecule has 0 fully saturated rings. The van der Waals surface area contributed by atoms with Gasteiger partial charge in [-0.05, 0) is 30.2 Å². The lowest BCUT2D eigenvalue weighted by Gasteiger charge is -2.21. The van der Waals surface area contributed by atoms with Crippen molar-refractivity contribution >= 4 is 17.5 Å². The van der Waals surface area contributed by atoms with Gasteiger partial charge in [0.1, 0.15) is 6.04 Å². The first-order chi connectivity index (χ1) is 9.58. The molecule has 2 aromatic rings. The number of amides is 1. The third-order valence-corrected chi connectivity index (χ3v) is 3.46. The van der Waals surface area contributed by atoms with Gasteiger partial charge in [-0.15, -0.1) is 0 Å². The quantitative estimate of drug-likeness (QED) is 0.887. The second-order valence-corrected chi connectivity index (χ2v) is 5.12. The molecule has 0 spiro atoms. The van der Waals surface area contributed by atoms with E-state index < -0.39 is 11.9 Å². The topological polar surface area (TPSA) is 55.1 Å².